The van der Waals surface area contributed by atoms with Crippen LogP contribution >= 0.6 is 0 Å². The van der Waals surface area contributed by atoms with Crippen molar-refractivity contribution < 1.29 is 9.53 Å². The Morgan fingerprint density at radius 1 is 1.58 bits per heavy atom. The van der Waals surface area contributed by atoms with Crippen LogP contribution in [0.5, 0.6) is 0 Å². The molecule has 104 valence electrons. The first-order chi connectivity index (χ1) is 8.74. The van der Waals surface area contributed by atoms with E-state index in [0.717, 1.165) is 0 Å². The summed E-state index contributed by atoms with van der Waals surface area (Å²) in [6, 6.07) is 0. The highest BCUT2D eigenvalue weighted by molar-refractivity contribution is 5.84. The Labute approximate surface area is 112 Å². The first kappa shape index (κ1) is 14.9. The lowest BCUT2D eigenvalue weighted by Crippen LogP contribution is -2.31. The van der Waals surface area contributed by atoms with Crippen molar-refractivity contribution in [1.82, 2.24) is 9.55 Å². The third kappa shape index (κ3) is 4.24. The molecule has 1 aromatic heterocycles. The molecule has 0 bridgehead atoms. The Balaban J connectivity index is 2.97. The van der Waals surface area contributed by atoms with Crippen molar-refractivity contribution in [3.8, 4) is 0 Å². The van der Waals surface area contributed by atoms with E-state index in [1.807, 2.05) is 0 Å². The lowest BCUT2D eigenvalue weighted by atomic mass is 10.2. The van der Waals surface area contributed by atoms with Crippen molar-refractivity contribution in [1.29, 1.82) is 0 Å². The van der Waals surface area contributed by atoms with Crippen molar-refractivity contribution in [3.05, 3.63) is 35.0 Å². The van der Waals surface area contributed by atoms with Gasteiger partial charge in [0.05, 0.1) is 6.20 Å². The Hall–Kier alpha value is -2.11. The maximum atomic E-state index is 12.1. The van der Waals surface area contributed by atoms with Gasteiger partial charge in [-0.25, -0.2) is 9.78 Å². The van der Waals surface area contributed by atoms with E-state index in [2.05, 4.69) is 16.9 Å². The number of anilines is 1. The number of hydrogen-bond acceptors (Lipinski definition) is 4. The second-order valence-corrected chi connectivity index (χ2v) is 5.05. The average Bonchev–Trinajstić information content (AvgIpc) is 2.26. The van der Waals surface area contributed by atoms with Gasteiger partial charge < -0.3 is 4.74 Å². The van der Waals surface area contributed by atoms with Gasteiger partial charge in [0.15, 0.2) is 0 Å². The molecular weight excluding hydrogens is 246 g/mol. The maximum Gasteiger partial charge on any atom is 0.412 e. The summed E-state index contributed by atoms with van der Waals surface area (Å²) in [5.41, 5.74) is -0.873. The Bertz CT molecular complexity index is 541. The molecule has 1 N–H and O–H groups in total. The molecule has 1 rings (SSSR count). The second kappa shape index (κ2) is 5.69. The van der Waals surface area contributed by atoms with Crippen LogP contribution in [0.1, 0.15) is 26.6 Å². The van der Waals surface area contributed by atoms with Crippen LogP contribution in [0.25, 0.3) is 0 Å². The standard InChI is InChI=1S/C13H19N3O3/c1-6-7-16-9(2)14-8-10(11(16)17)15-12(18)19-13(3,4)5/h6,8H,1,7H2,2-5H3,(H,15,18). The lowest BCUT2D eigenvalue weighted by Gasteiger charge is -2.19. The van der Waals surface area contributed by atoms with E-state index >= 15 is 0 Å². The molecule has 0 fully saturated rings. The van der Waals surface area contributed by atoms with Crippen molar-refractivity contribution in [2.75, 3.05) is 5.32 Å². The molecule has 6 heteroatoms. The van der Waals surface area contributed by atoms with Crippen LogP contribution in [-0.2, 0) is 11.3 Å². The summed E-state index contributed by atoms with van der Waals surface area (Å²) in [6.45, 7) is 10.9. The zero-order valence-corrected chi connectivity index (χ0v) is 11.7. The number of allylic oxidation sites excluding steroid dienone is 1. The fraction of sp³-hybridized carbons (Fsp3) is 0.462. The van der Waals surface area contributed by atoms with Crippen LogP contribution in [0.15, 0.2) is 23.6 Å². The topological polar surface area (TPSA) is 73.2 Å². The average molecular weight is 265 g/mol. The van der Waals surface area contributed by atoms with E-state index in [0.29, 0.717) is 12.4 Å². The third-order valence-electron chi connectivity index (χ3n) is 2.19. The monoisotopic (exact) mass is 265 g/mol. The number of amides is 1. The summed E-state index contributed by atoms with van der Waals surface area (Å²) in [6.07, 6.45) is 2.23. The highest BCUT2D eigenvalue weighted by Crippen LogP contribution is 2.09. The first-order valence-corrected chi connectivity index (χ1v) is 5.92. The zero-order chi connectivity index (χ0) is 14.6. The first-order valence-electron chi connectivity index (χ1n) is 5.92. The number of nitrogens with one attached hydrogen (secondary N) is 1. The molecule has 0 saturated heterocycles. The lowest BCUT2D eigenvalue weighted by molar-refractivity contribution is 0.0635. The molecule has 0 aliphatic carbocycles. The van der Waals surface area contributed by atoms with Crippen LogP contribution in [0.3, 0.4) is 0 Å². The van der Waals surface area contributed by atoms with E-state index in [9.17, 15) is 9.59 Å². The summed E-state index contributed by atoms with van der Waals surface area (Å²) in [5.74, 6) is 0.555. The molecule has 1 heterocycles. The second-order valence-electron chi connectivity index (χ2n) is 5.05. The summed E-state index contributed by atoms with van der Waals surface area (Å²) in [5, 5.41) is 2.40. The quantitative estimate of drug-likeness (QED) is 0.849. The van der Waals surface area contributed by atoms with Crippen LogP contribution in [0, 0.1) is 6.92 Å². The number of carbonyl (C=O) groups excluding carboxylic acids is 1. The maximum absolute atomic E-state index is 12.1. The number of aromatic nitrogens is 2. The van der Waals surface area contributed by atoms with Crippen molar-refractivity contribution in [2.45, 2.75) is 39.8 Å². The van der Waals surface area contributed by atoms with Crippen LogP contribution in [-0.4, -0.2) is 21.2 Å². The van der Waals surface area contributed by atoms with E-state index in [1.54, 1.807) is 33.8 Å². The predicted octanol–water partition coefficient (Wildman–Crippen LogP) is 2.08. The summed E-state index contributed by atoms with van der Waals surface area (Å²) >= 11 is 0. The van der Waals surface area contributed by atoms with Crippen LogP contribution in [0.4, 0.5) is 10.5 Å². The molecule has 6 nitrogen and oxygen atoms in total. The minimum absolute atomic E-state index is 0.0849. The molecule has 0 aliphatic rings. The van der Waals surface area contributed by atoms with Crippen molar-refractivity contribution in [3.63, 3.8) is 0 Å². The number of aryl methyl sites for hydroxylation is 1. The summed E-state index contributed by atoms with van der Waals surface area (Å²) in [4.78, 5) is 27.7. The number of carbonyl (C=O) groups is 1. The molecule has 0 unspecified atom stereocenters. The molecular formula is C13H19N3O3. The molecule has 0 saturated carbocycles. The van der Waals surface area contributed by atoms with Crippen molar-refractivity contribution in [2.24, 2.45) is 0 Å². The summed E-state index contributed by atoms with van der Waals surface area (Å²) in [7, 11) is 0. The van der Waals surface area contributed by atoms with Gasteiger partial charge in [-0.3, -0.25) is 14.7 Å². The van der Waals surface area contributed by atoms with Gasteiger partial charge in [0.2, 0.25) is 0 Å². The molecule has 0 atom stereocenters. The largest absolute Gasteiger partial charge is 0.444 e. The van der Waals surface area contributed by atoms with Gasteiger partial charge in [0.25, 0.3) is 5.56 Å². The van der Waals surface area contributed by atoms with Gasteiger partial charge in [-0.05, 0) is 27.7 Å². The van der Waals surface area contributed by atoms with Crippen LogP contribution in [0.2, 0.25) is 0 Å². The van der Waals surface area contributed by atoms with E-state index in [-0.39, 0.29) is 11.2 Å². The van der Waals surface area contributed by atoms with Gasteiger partial charge in [-0.15, -0.1) is 6.58 Å². The van der Waals surface area contributed by atoms with Gasteiger partial charge in [-0.2, -0.15) is 0 Å². The zero-order valence-electron chi connectivity index (χ0n) is 11.7. The van der Waals surface area contributed by atoms with Gasteiger partial charge >= 0.3 is 6.09 Å². The molecule has 0 aromatic carbocycles. The van der Waals surface area contributed by atoms with Crippen molar-refractivity contribution >= 4 is 11.8 Å². The third-order valence-corrected chi connectivity index (χ3v) is 2.19. The molecule has 0 aliphatic heterocycles. The molecule has 1 amide bonds. The molecule has 19 heavy (non-hydrogen) atoms. The van der Waals surface area contributed by atoms with Gasteiger partial charge in [0.1, 0.15) is 17.1 Å². The van der Waals surface area contributed by atoms with Crippen LogP contribution < -0.4 is 10.9 Å². The highest BCUT2D eigenvalue weighted by atomic mass is 16.6. The summed E-state index contributed by atoms with van der Waals surface area (Å²) < 4.78 is 6.50. The highest BCUT2D eigenvalue weighted by Gasteiger charge is 2.17. The number of rotatable bonds is 3. The number of ether oxygens (including phenoxy) is 1. The smallest absolute Gasteiger partial charge is 0.412 e. The minimum atomic E-state index is -0.680. The number of hydrogen-bond donors (Lipinski definition) is 1. The predicted molar refractivity (Wildman–Crippen MR) is 73.3 cm³/mol. The van der Waals surface area contributed by atoms with Gasteiger partial charge in [-0.1, -0.05) is 6.08 Å². The SMILES string of the molecule is C=CCn1c(C)ncc(NC(=O)OC(C)(C)C)c1=O. The molecule has 1 aromatic rings. The molecule has 0 radical (unpaired) electrons. The van der Waals surface area contributed by atoms with E-state index < -0.39 is 11.7 Å². The molecule has 0 spiro atoms. The Kier molecular flexibility index (Phi) is 4.47. The normalized spacial score (nSPS) is 10.9. The fourth-order valence-electron chi connectivity index (χ4n) is 1.42. The van der Waals surface area contributed by atoms with E-state index in [1.165, 1.54) is 10.8 Å². The Morgan fingerprint density at radius 2 is 2.21 bits per heavy atom. The number of nitrogens with zero attached hydrogens (tertiary/aromatic N) is 2. The minimum Gasteiger partial charge on any atom is -0.444 e. The van der Waals surface area contributed by atoms with E-state index in [4.69, 9.17) is 4.74 Å². The Morgan fingerprint density at radius 3 is 2.74 bits per heavy atom. The van der Waals surface area contributed by atoms with Gasteiger partial charge in [0, 0.05) is 6.54 Å². The fourth-order valence-corrected chi connectivity index (χ4v) is 1.42.